The standard InChI is InChI=1S/C12H13NO2/c1-9-11(14)13(8-12(9,2)15)10-6-4-3-5-7-10/h3-7,15H,1,8H2,2H3. The topological polar surface area (TPSA) is 40.5 Å². The zero-order valence-electron chi connectivity index (χ0n) is 8.60. The van der Waals surface area contributed by atoms with Gasteiger partial charge in [0.15, 0.2) is 0 Å². The van der Waals surface area contributed by atoms with Crippen LogP contribution in [0.3, 0.4) is 0 Å². The summed E-state index contributed by atoms with van der Waals surface area (Å²) < 4.78 is 0. The summed E-state index contributed by atoms with van der Waals surface area (Å²) in [6, 6.07) is 9.28. The zero-order chi connectivity index (χ0) is 11.1. The molecule has 1 fully saturated rings. The zero-order valence-corrected chi connectivity index (χ0v) is 8.60. The minimum absolute atomic E-state index is 0.203. The summed E-state index contributed by atoms with van der Waals surface area (Å²) in [5, 5.41) is 9.90. The number of β-amino-alcohol motifs (C(OH)–C–C–N with tert-alkyl or cyclic N) is 1. The number of hydrogen-bond acceptors (Lipinski definition) is 2. The minimum atomic E-state index is -1.12. The maximum atomic E-state index is 11.8. The summed E-state index contributed by atoms with van der Waals surface area (Å²) in [6.45, 7) is 5.50. The summed E-state index contributed by atoms with van der Waals surface area (Å²) in [6.07, 6.45) is 0. The van der Waals surface area contributed by atoms with E-state index >= 15 is 0 Å². The molecular weight excluding hydrogens is 190 g/mol. The third kappa shape index (κ3) is 1.55. The van der Waals surface area contributed by atoms with Crippen molar-refractivity contribution in [3.8, 4) is 0 Å². The molecule has 78 valence electrons. The summed E-state index contributed by atoms with van der Waals surface area (Å²) in [4.78, 5) is 13.3. The van der Waals surface area contributed by atoms with Gasteiger partial charge < -0.3 is 10.0 Å². The highest BCUT2D eigenvalue weighted by Gasteiger charge is 2.42. The Bertz CT molecular complexity index is 409. The van der Waals surface area contributed by atoms with Crippen molar-refractivity contribution in [2.45, 2.75) is 12.5 Å². The molecule has 2 rings (SSSR count). The van der Waals surface area contributed by atoms with Gasteiger partial charge in [-0.25, -0.2) is 0 Å². The molecule has 0 aromatic heterocycles. The van der Waals surface area contributed by atoms with E-state index in [1.807, 2.05) is 30.3 Å². The summed E-state index contributed by atoms with van der Waals surface area (Å²) in [5.41, 5.74) is -0.0693. The van der Waals surface area contributed by atoms with Crippen LogP contribution in [-0.4, -0.2) is 23.2 Å². The fourth-order valence-corrected chi connectivity index (χ4v) is 1.68. The predicted octanol–water partition coefficient (Wildman–Crippen LogP) is 1.34. The highest BCUT2D eigenvalue weighted by Crippen LogP contribution is 2.30. The lowest BCUT2D eigenvalue weighted by molar-refractivity contribution is -0.114. The number of anilines is 1. The first-order chi connectivity index (χ1) is 7.02. The summed E-state index contributed by atoms with van der Waals surface area (Å²) in [5.74, 6) is -0.203. The molecule has 3 heteroatoms. The second-order valence-corrected chi connectivity index (χ2v) is 3.98. The molecule has 1 saturated heterocycles. The van der Waals surface area contributed by atoms with Crippen molar-refractivity contribution in [1.82, 2.24) is 0 Å². The third-order valence-corrected chi connectivity index (χ3v) is 2.69. The van der Waals surface area contributed by atoms with Crippen LogP contribution in [0.25, 0.3) is 0 Å². The Kier molecular flexibility index (Phi) is 2.12. The summed E-state index contributed by atoms with van der Waals surface area (Å²) >= 11 is 0. The van der Waals surface area contributed by atoms with Crippen LogP contribution in [0.2, 0.25) is 0 Å². The Hall–Kier alpha value is -1.61. The number of nitrogens with zero attached hydrogens (tertiary/aromatic N) is 1. The van der Waals surface area contributed by atoms with E-state index in [2.05, 4.69) is 6.58 Å². The molecular formula is C12H13NO2. The lowest BCUT2D eigenvalue weighted by Crippen LogP contribution is -2.30. The van der Waals surface area contributed by atoms with Gasteiger partial charge in [-0.15, -0.1) is 0 Å². The van der Waals surface area contributed by atoms with Crippen LogP contribution >= 0.6 is 0 Å². The van der Waals surface area contributed by atoms with Gasteiger partial charge in [-0.2, -0.15) is 0 Å². The first-order valence-corrected chi connectivity index (χ1v) is 4.81. The molecule has 0 spiro atoms. The molecule has 0 aliphatic carbocycles. The van der Waals surface area contributed by atoms with Crippen LogP contribution in [0.15, 0.2) is 42.5 Å². The molecule has 1 amide bonds. The van der Waals surface area contributed by atoms with Gasteiger partial charge in [-0.05, 0) is 19.1 Å². The number of benzene rings is 1. The third-order valence-electron chi connectivity index (χ3n) is 2.69. The largest absolute Gasteiger partial charge is 0.383 e. The Morgan fingerprint density at radius 1 is 1.40 bits per heavy atom. The molecule has 1 aromatic carbocycles. The van der Waals surface area contributed by atoms with Gasteiger partial charge in [0.25, 0.3) is 5.91 Å². The van der Waals surface area contributed by atoms with Crippen molar-refractivity contribution in [2.75, 3.05) is 11.4 Å². The van der Waals surface area contributed by atoms with Crippen LogP contribution in [0, 0.1) is 0 Å². The smallest absolute Gasteiger partial charge is 0.256 e. The molecule has 1 aromatic rings. The first-order valence-electron chi connectivity index (χ1n) is 4.81. The van der Waals surface area contributed by atoms with Crippen LogP contribution in [0.4, 0.5) is 5.69 Å². The van der Waals surface area contributed by atoms with E-state index in [4.69, 9.17) is 0 Å². The van der Waals surface area contributed by atoms with Gasteiger partial charge in [-0.3, -0.25) is 4.79 Å². The molecule has 15 heavy (non-hydrogen) atoms. The maximum absolute atomic E-state index is 11.8. The number of carbonyl (C=O) groups is 1. The van der Waals surface area contributed by atoms with Gasteiger partial charge in [-0.1, -0.05) is 24.8 Å². The number of para-hydroxylation sites is 1. The molecule has 1 aliphatic heterocycles. The van der Waals surface area contributed by atoms with E-state index < -0.39 is 5.60 Å². The van der Waals surface area contributed by atoms with Crippen LogP contribution in [0.1, 0.15) is 6.92 Å². The second kappa shape index (κ2) is 3.21. The van der Waals surface area contributed by atoms with Crippen LogP contribution in [0.5, 0.6) is 0 Å². The Labute approximate surface area is 88.6 Å². The Morgan fingerprint density at radius 3 is 2.47 bits per heavy atom. The van der Waals surface area contributed by atoms with Gasteiger partial charge in [0.05, 0.1) is 6.54 Å². The molecule has 1 aliphatic rings. The molecule has 1 unspecified atom stereocenters. The average Bonchev–Trinajstić information content (AvgIpc) is 2.44. The lowest BCUT2D eigenvalue weighted by atomic mass is 10.0. The lowest BCUT2D eigenvalue weighted by Gasteiger charge is -2.18. The number of aliphatic hydroxyl groups is 1. The highest BCUT2D eigenvalue weighted by molar-refractivity contribution is 6.09. The average molecular weight is 203 g/mol. The molecule has 1 heterocycles. The van der Waals surface area contributed by atoms with Gasteiger partial charge in [0.2, 0.25) is 0 Å². The highest BCUT2D eigenvalue weighted by atomic mass is 16.3. The van der Waals surface area contributed by atoms with Gasteiger partial charge >= 0.3 is 0 Å². The van der Waals surface area contributed by atoms with Gasteiger partial charge in [0, 0.05) is 11.3 Å². The van der Waals surface area contributed by atoms with Crippen molar-refractivity contribution >= 4 is 11.6 Å². The van der Waals surface area contributed by atoms with Crippen molar-refractivity contribution in [3.63, 3.8) is 0 Å². The number of amides is 1. The number of hydrogen-bond donors (Lipinski definition) is 1. The van der Waals surface area contributed by atoms with Crippen LogP contribution < -0.4 is 4.90 Å². The molecule has 3 nitrogen and oxygen atoms in total. The minimum Gasteiger partial charge on any atom is -0.383 e. The number of carbonyl (C=O) groups excluding carboxylic acids is 1. The van der Waals surface area contributed by atoms with Crippen molar-refractivity contribution in [2.24, 2.45) is 0 Å². The fourth-order valence-electron chi connectivity index (χ4n) is 1.68. The second-order valence-electron chi connectivity index (χ2n) is 3.98. The van der Waals surface area contributed by atoms with Crippen LogP contribution in [-0.2, 0) is 4.79 Å². The number of rotatable bonds is 1. The molecule has 0 bridgehead atoms. The van der Waals surface area contributed by atoms with E-state index in [-0.39, 0.29) is 18.0 Å². The summed E-state index contributed by atoms with van der Waals surface area (Å²) in [7, 11) is 0. The monoisotopic (exact) mass is 203 g/mol. The predicted molar refractivity (Wildman–Crippen MR) is 58.6 cm³/mol. The Balaban J connectivity index is 2.35. The molecule has 0 saturated carbocycles. The Morgan fingerprint density at radius 2 is 2.00 bits per heavy atom. The fraction of sp³-hybridized carbons (Fsp3) is 0.250. The van der Waals surface area contributed by atoms with Crippen molar-refractivity contribution < 1.29 is 9.90 Å². The van der Waals surface area contributed by atoms with E-state index in [0.717, 1.165) is 5.69 Å². The normalized spacial score (nSPS) is 26.1. The van der Waals surface area contributed by atoms with Crippen molar-refractivity contribution in [3.05, 3.63) is 42.5 Å². The quantitative estimate of drug-likeness (QED) is 0.700. The van der Waals surface area contributed by atoms with E-state index in [1.54, 1.807) is 11.8 Å². The van der Waals surface area contributed by atoms with Crippen molar-refractivity contribution in [1.29, 1.82) is 0 Å². The maximum Gasteiger partial charge on any atom is 0.256 e. The SMILES string of the molecule is C=C1C(=O)N(c2ccccc2)CC1(C)O. The molecule has 1 atom stereocenters. The first kappa shape index (κ1) is 9.93. The van der Waals surface area contributed by atoms with E-state index in [9.17, 15) is 9.90 Å². The van der Waals surface area contributed by atoms with Gasteiger partial charge in [0.1, 0.15) is 5.60 Å². The molecule has 0 radical (unpaired) electrons. The van der Waals surface area contributed by atoms with E-state index in [0.29, 0.717) is 0 Å². The van der Waals surface area contributed by atoms with E-state index in [1.165, 1.54) is 0 Å². The molecule has 1 N–H and O–H groups in total.